The normalized spacial score (nSPS) is 14.7. The number of nitrogens with one attached hydrogen (secondary N) is 1. The van der Waals surface area contributed by atoms with E-state index >= 15 is 0 Å². The lowest BCUT2D eigenvalue weighted by atomic mass is 10.0. The highest BCUT2D eigenvalue weighted by atomic mass is 16.6. The van der Waals surface area contributed by atoms with Gasteiger partial charge in [0.2, 0.25) is 0 Å². The van der Waals surface area contributed by atoms with Crippen LogP contribution in [0.4, 0.5) is 0 Å². The van der Waals surface area contributed by atoms with Gasteiger partial charge in [-0.05, 0) is 25.2 Å². The molecule has 0 fully saturated rings. The molecule has 0 aromatic rings. The molecular weight excluding hydrogens is 314 g/mol. The van der Waals surface area contributed by atoms with Crippen molar-refractivity contribution in [1.82, 2.24) is 5.32 Å². The third-order valence-electron chi connectivity index (χ3n) is 3.29. The summed E-state index contributed by atoms with van der Waals surface area (Å²) in [5.41, 5.74) is 0. The van der Waals surface area contributed by atoms with Crippen LogP contribution in [0.3, 0.4) is 0 Å². The van der Waals surface area contributed by atoms with Crippen molar-refractivity contribution in [2.75, 3.05) is 0 Å². The van der Waals surface area contributed by atoms with Crippen molar-refractivity contribution in [1.29, 1.82) is 0 Å². The first-order valence-electron chi connectivity index (χ1n) is 8.29. The molecule has 0 aromatic carbocycles. The lowest BCUT2D eigenvalue weighted by molar-refractivity contribution is -0.161. The fourth-order valence-electron chi connectivity index (χ4n) is 1.91. The Morgan fingerprint density at radius 1 is 1.00 bits per heavy atom. The van der Waals surface area contributed by atoms with E-state index in [1.54, 1.807) is 27.7 Å². The molecule has 1 amide bonds. The summed E-state index contributed by atoms with van der Waals surface area (Å²) < 4.78 is 10.2. The van der Waals surface area contributed by atoms with E-state index in [-0.39, 0.29) is 18.3 Å². The minimum atomic E-state index is -0.985. The molecule has 0 saturated heterocycles. The van der Waals surface area contributed by atoms with Crippen molar-refractivity contribution < 1.29 is 28.7 Å². The topological polar surface area (TPSA) is 98.8 Å². The van der Waals surface area contributed by atoms with E-state index in [9.17, 15) is 19.2 Å². The second-order valence-electron chi connectivity index (χ2n) is 6.41. The standard InChI is InChI=1S/C17H29NO6/c1-7-8-13(20)24-15(11(4)5)16(21)18-14(10(2)3)17(22)23-12(6)9-19/h9-12,14-15H,7-8H2,1-6H3,(H,18,21)/t12-,14+,15+/m0/s1. The van der Waals surface area contributed by atoms with Gasteiger partial charge in [-0.3, -0.25) is 14.4 Å². The molecule has 7 heteroatoms. The molecule has 0 bridgehead atoms. The van der Waals surface area contributed by atoms with Gasteiger partial charge in [0.15, 0.2) is 18.5 Å². The first-order valence-corrected chi connectivity index (χ1v) is 8.29. The number of carbonyl (C=O) groups excluding carboxylic acids is 4. The minimum Gasteiger partial charge on any atom is -0.453 e. The molecule has 3 atom stereocenters. The van der Waals surface area contributed by atoms with Gasteiger partial charge in [-0.1, -0.05) is 34.6 Å². The molecule has 0 saturated carbocycles. The zero-order chi connectivity index (χ0) is 18.9. The lowest BCUT2D eigenvalue weighted by Gasteiger charge is -2.26. The maximum atomic E-state index is 12.4. The van der Waals surface area contributed by atoms with Gasteiger partial charge >= 0.3 is 11.9 Å². The van der Waals surface area contributed by atoms with E-state index in [0.29, 0.717) is 12.7 Å². The van der Waals surface area contributed by atoms with E-state index in [4.69, 9.17) is 9.47 Å². The quantitative estimate of drug-likeness (QED) is 0.478. The van der Waals surface area contributed by atoms with Gasteiger partial charge in [-0.25, -0.2) is 4.79 Å². The zero-order valence-electron chi connectivity index (χ0n) is 15.3. The molecule has 0 heterocycles. The number of hydrogen-bond acceptors (Lipinski definition) is 6. The third kappa shape index (κ3) is 7.57. The molecule has 7 nitrogen and oxygen atoms in total. The van der Waals surface area contributed by atoms with Crippen LogP contribution in [-0.4, -0.2) is 42.4 Å². The van der Waals surface area contributed by atoms with Gasteiger partial charge in [0.05, 0.1) is 0 Å². The number of aldehydes is 1. The Morgan fingerprint density at radius 3 is 2.00 bits per heavy atom. The molecule has 0 rings (SSSR count). The van der Waals surface area contributed by atoms with Crippen LogP contribution in [0.25, 0.3) is 0 Å². The van der Waals surface area contributed by atoms with E-state index in [0.717, 1.165) is 0 Å². The van der Waals surface area contributed by atoms with Crippen molar-refractivity contribution in [3.8, 4) is 0 Å². The maximum absolute atomic E-state index is 12.4. The molecular formula is C17H29NO6. The molecule has 0 radical (unpaired) electrons. The SMILES string of the molecule is CCCC(=O)O[C@@H](C(=O)N[C@@H](C(=O)O[C@@H](C)C=O)C(C)C)C(C)C. The van der Waals surface area contributed by atoms with Gasteiger partial charge in [0.1, 0.15) is 6.04 Å². The van der Waals surface area contributed by atoms with Crippen LogP contribution in [0.5, 0.6) is 0 Å². The van der Waals surface area contributed by atoms with Gasteiger partial charge in [0.25, 0.3) is 5.91 Å². The summed E-state index contributed by atoms with van der Waals surface area (Å²) in [4.78, 5) is 46.8. The van der Waals surface area contributed by atoms with Gasteiger partial charge < -0.3 is 14.8 Å². The Labute approximate surface area is 143 Å². The average molecular weight is 343 g/mol. The molecule has 1 N–H and O–H groups in total. The highest BCUT2D eigenvalue weighted by Crippen LogP contribution is 2.12. The Bertz CT molecular complexity index is 446. The van der Waals surface area contributed by atoms with Gasteiger partial charge in [0, 0.05) is 6.42 Å². The predicted molar refractivity (Wildman–Crippen MR) is 88.0 cm³/mol. The van der Waals surface area contributed by atoms with Crippen molar-refractivity contribution >= 4 is 24.1 Å². The van der Waals surface area contributed by atoms with Crippen molar-refractivity contribution in [3.63, 3.8) is 0 Å². The van der Waals surface area contributed by atoms with Crippen molar-refractivity contribution in [3.05, 3.63) is 0 Å². The van der Waals surface area contributed by atoms with E-state index < -0.39 is 36.1 Å². The monoisotopic (exact) mass is 343 g/mol. The summed E-state index contributed by atoms with van der Waals surface area (Å²) in [5.74, 6) is -2.20. The number of hydrogen-bond donors (Lipinski definition) is 1. The second kappa shape index (κ2) is 10.8. The Kier molecular flexibility index (Phi) is 9.92. The molecule has 0 aliphatic rings. The molecule has 24 heavy (non-hydrogen) atoms. The number of rotatable bonds is 10. The molecule has 0 aromatic heterocycles. The van der Waals surface area contributed by atoms with Crippen LogP contribution in [0.15, 0.2) is 0 Å². The predicted octanol–water partition coefficient (Wildman–Crippen LogP) is 1.63. The third-order valence-corrected chi connectivity index (χ3v) is 3.29. The maximum Gasteiger partial charge on any atom is 0.329 e. The number of ether oxygens (including phenoxy) is 2. The summed E-state index contributed by atoms with van der Waals surface area (Å²) in [6, 6.07) is -0.925. The molecule has 0 aliphatic carbocycles. The molecule has 0 unspecified atom stereocenters. The minimum absolute atomic E-state index is 0.225. The lowest BCUT2D eigenvalue weighted by Crippen LogP contribution is -2.51. The summed E-state index contributed by atoms with van der Waals surface area (Å²) in [7, 11) is 0. The first kappa shape index (κ1) is 22.1. The van der Waals surface area contributed by atoms with E-state index in [2.05, 4.69) is 5.32 Å². The number of amides is 1. The van der Waals surface area contributed by atoms with Crippen molar-refractivity contribution in [2.24, 2.45) is 11.8 Å². The highest BCUT2D eigenvalue weighted by molar-refractivity contribution is 5.89. The van der Waals surface area contributed by atoms with Crippen LogP contribution in [0.1, 0.15) is 54.4 Å². The van der Waals surface area contributed by atoms with Crippen LogP contribution in [0, 0.1) is 11.8 Å². The van der Waals surface area contributed by atoms with Crippen LogP contribution < -0.4 is 5.32 Å². The molecule has 0 aliphatic heterocycles. The number of esters is 2. The van der Waals surface area contributed by atoms with E-state index in [1.807, 2.05) is 6.92 Å². The smallest absolute Gasteiger partial charge is 0.329 e. The Balaban J connectivity index is 5.03. The van der Waals surface area contributed by atoms with Gasteiger partial charge in [-0.15, -0.1) is 0 Å². The van der Waals surface area contributed by atoms with Crippen LogP contribution >= 0.6 is 0 Å². The zero-order valence-corrected chi connectivity index (χ0v) is 15.3. The molecule has 0 spiro atoms. The van der Waals surface area contributed by atoms with Crippen molar-refractivity contribution in [2.45, 2.75) is 72.6 Å². The fourth-order valence-corrected chi connectivity index (χ4v) is 1.91. The summed E-state index contributed by atoms with van der Waals surface area (Å²) in [6.45, 7) is 10.3. The van der Waals surface area contributed by atoms with E-state index in [1.165, 1.54) is 6.92 Å². The summed E-state index contributed by atoms with van der Waals surface area (Å²) >= 11 is 0. The Hall–Kier alpha value is -1.92. The largest absolute Gasteiger partial charge is 0.453 e. The van der Waals surface area contributed by atoms with Gasteiger partial charge in [-0.2, -0.15) is 0 Å². The fraction of sp³-hybridized carbons (Fsp3) is 0.765. The highest BCUT2D eigenvalue weighted by Gasteiger charge is 2.32. The average Bonchev–Trinajstić information content (AvgIpc) is 2.49. The number of carbonyl (C=O) groups is 4. The first-order chi connectivity index (χ1) is 11.1. The summed E-state index contributed by atoms with van der Waals surface area (Å²) in [5, 5.41) is 2.57. The summed E-state index contributed by atoms with van der Waals surface area (Å²) in [6.07, 6.45) is -0.528. The van der Waals surface area contributed by atoms with Crippen LogP contribution in [-0.2, 0) is 28.7 Å². The van der Waals surface area contributed by atoms with Crippen LogP contribution in [0.2, 0.25) is 0 Å². The molecule has 138 valence electrons. The Morgan fingerprint density at radius 2 is 1.58 bits per heavy atom. The second-order valence-corrected chi connectivity index (χ2v) is 6.41.